The van der Waals surface area contributed by atoms with Crippen molar-refractivity contribution in [3.05, 3.63) is 96.3 Å². The largest absolute Gasteiger partial charge is 0.487 e. The number of likely N-dealkylation sites (N-methyl/N-ethyl adjacent to an activating group) is 1. The lowest BCUT2D eigenvalue weighted by molar-refractivity contribution is 0.0371. The van der Waals surface area contributed by atoms with Crippen LogP contribution in [0.4, 0.5) is 20.6 Å². The Labute approximate surface area is 261 Å². The van der Waals surface area contributed by atoms with Gasteiger partial charge in [-0.15, -0.1) is 0 Å². The molecule has 0 spiro atoms. The van der Waals surface area contributed by atoms with E-state index in [0.29, 0.717) is 5.69 Å². The first-order valence-corrected chi connectivity index (χ1v) is 16.0. The quantitative estimate of drug-likeness (QED) is 0.246. The van der Waals surface area contributed by atoms with Crippen LogP contribution in [-0.4, -0.2) is 74.2 Å². The SMILES string of the molecule is C[C@H](CO)N1C[C@H](C)[C@@H](CN(C)C(=O)Nc2cccc3ccccc23)Oc2ccc(NS(=O)(=O)c3ccc(F)cc3)cc2C1=O. The predicted octanol–water partition coefficient (Wildman–Crippen LogP) is 5.16. The molecule has 0 radical (unpaired) electrons. The van der Waals surface area contributed by atoms with Gasteiger partial charge in [0.1, 0.15) is 17.7 Å². The maximum atomic E-state index is 13.7. The molecular formula is C33H35FN4O6S. The molecule has 0 unspecified atom stereocenters. The van der Waals surface area contributed by atoms with Gasteiger partial charge in [0.05, 0.1) is 35.3 Å². The van der Waals surface area contributed by atoms with E-state index in [1.165, 1.54) is 28.0 Å². The van der Waals surface area contributed by atoms with E-state index in [-0.39, 0.29) is 53.5 Å². The summed E-state index contributed by atoms with van der Waals surface area (Å²) in [5.41, 5.74) is 0.865. The highest BCUT2D eigenvalue weighted by molar-refractivity contribution is 7.92. The lowest BCUT2D eigenvalue weighted by atomic mass is 9.99. The molecule has 0 saturated carbocycles. The van der Waals surface area contributed by atoms with Crippen LogP contribution in [0.3, 0.4) is 0 Å². The maximum Gasteiger partial charge on any atom is 0.321 e. The number of aliphatic hydroxyl groups excluding tert-OH is 1. The molecule has 1 aliphatic heterocycles. The number of hydrogen-bond donors (Lipinski definition) is 3. The Hall–Kier alpha value is -4.68. The van der Waals surface area contributed by atoms with Gasteiger partial charge in [0.25, 0.3) is 15.9 Å². The summed E-state index contributed by atoms with van der Waals surface area (Å²) in [5, 5.41) is 14.8. The molecule has 3 N–H and O–H groups in total. The van der Waals surface area contributed by atoms with Gasteiger partial charge >= 0.3 is 6.03 Å². The third kappa shape index (κ3) is 7.02. The highest BCUT2D eigenvalue weighted by Crippen LogP contribution is 2.32. The van der Waals surface area contributed by atoms with Crippen LogP contribution in [0.25, 0.3) is 10.8 Å². The third-order valence-electron chi connectivity index (χ3n) is 7.87. The minimum Gasteiger partial charge on any atom is -0.487 e. The van der Waals surface area contributed by atoms with E-state index < -0.39 is 33.9 Å². The highest BCUT2D eigenvalue weighted by Gasteiger charge is 2.34. The number of halogens is 1. The fourth-order valence-electron chi connectivity index (χ4n) is 5.23. The normalized spacial score (nSPS) is 17.4. The van der Waals surface area contributed by atoms with E-state index in [1.807, 2.05) is 49.4 Å². The smallest absolute Gasteiger partial charge is 0.321 e. The first kappa shape index (κ1) is 31.7. The monoisotopic (exact) mass is 634 g/mol. The number of hydrogen-bond acceptors (Lipinski definition) is 6. The Balaban J connectivity index is 1.40. The number of benzene rings is 4. The summed E-state index contributed by atoms with van der Waals surface area (Å²) in [6, 6.07) is 21.2. The second kappa shape index (κ2) is 13.1. The van der Waals surface area contributed by atoms with Crippen molar-refractivity contribution in [2.75, 3.05) is 36.8 Å². The van der Waals surface area contributed by atoms with Gasteiger partial charge in [0, 0.05) is 30.6 Å². The summed E-state index contributed by atoms with van der Waals surface area (Å²) in [6.45, 7) is 3.72. The fourth-order valence-corrected chi connectivity index (χ4v) is 6.28. The Morgan fingerprint density at radius 1 is 1.09 bits per heavy atom. The summed E-state index contributed by atoms with van der Waals surface area (Å²) < 4.78 is 48.1. The number of nitrogens with zero attached hydrogens (tertiary/aromatic N) is 2. The summed E-state index contributed by atoms with van der Waals surface area (Å²) in [5.74, 6) is -1.06. The van der Waals surface area contributed by atoms with Gasteiger partial charge < -0.3 is 25.0 Å². The van der Waals surface area contributed by atoms with Crippen molar-refractivity contribution in [3.8, 4) is 5.75 Å². The number of anilines is 2. The topological polar surface area (TPSA) is 128 Å². The van der Waals surface area contributed by atoms with Crippen molar-refractivity contribution in [2.24, 2.45) is 5.92 Å². The molecule has 12 heteroatoms. The molecule has 4 aromatic rings. The van der Waals surface area contributed by atoms with E-state index in [4.69, 9.17) is 4.74 Å². The van der Waals surface area contributed by atoms with Gasteiger partial charge in [-0.25, -0.2) is 17.6 Å². The van der Waals surface area contributed by atoms with E-state index in [0.717, 1.165) is 35.0 Å². The molecule has 4 aromatic carbocycles. The number of amides is 3. The Morgan fingerprint density at radius 3 is 2.53 bits per heavy atom. The molecule has 5 rings (SSSR count). The van der Waals surface area contributed by atoms with Crippen molar-refractivity contribution < 1.29 is 32.2 Å². The molecule has 0 bridgehead atoms. The van der Waals surface area contributed by atoms with Gasteiger partial charge in [-0.2, -0.15) is 0 Å². The van der Waals surface area contributed by atoms with Crippen LogP contribution < -0.4 is 14.8 Å². The maximum absolute atomic E-state index is 13.7. The van der Waals surface area contributed by atoms with Crippen LogP contribution in [0, 0.1) is 11.7 Å². The minimum absolute atomic E-state index is 0.0920. The van der Waals surface area contributed by atoms with E-state index in [9.17, 15) is 27.5 Å². The predicted molar refractivity (Wildman–Crippen MR) is 170 cm³/mol. The number of nitrogens with one attached hydrogen (secondary N) is 2. The van der Waals surface area contributed by atoms with Crippen LogP contribution in [0.15, 0.2) is 89.8 Å². The average Bonchev–Trinajstić information content (AvgIpc) is 3.02. The number of rotatable bonds is 8. The average molecular weight is 635 g/mol. The van der Waals surface area contributed by atoms with Gasteiger partial charge in [-0.05, 0) is 60.8 Å². The van der Waals surface area contributed by atoms with Gasteiger partial charge in [-0.3, -0.25) is 9.52 Å². The van der Waals surface area contributed by atoms with E-state index in [1.54, 1.807) is 14.0 Å². The number of urea groups is 1. The van der Waals surface area contributed by atoms with Crippen LogP contribution >= 0.6 is 0 Å². The number of aliphatic hydroxyl groups is 1. The Bertz CT molecular complexity index is 1810. The summed E-state index contributed by atoms with van der Waals surface area (Å²) in [7, 11) is -2.43. The fraction of sp³-hybridized carbons (Fsp3) is 0.273. The second-order valence-electron chi connectivity index (χ2n) is 11.2. The first-order chi connectivity index (χ1) is 21.5. The standard InChI is InChI=1S/C33H35FN4O6S/c1-21-18-38(22(2)20-39)32(40)28-17-25(36-45(42,43)26-14-11-24(34)12-15-26)13-16-30(28)44-31(21)19-37(3)33(41)35-29-10-6-8-23-7-4-5-9-27(23)29/h4-17,21-22,31,36,39H,18-20H2,1-3H3,(H,35,41)/t21-,22+,31+/m0/s1. The van der Waals surface area contributed by atoms with Crippen LogP contribution in [0.1, 0.15) is 24.2 Å². The minimum atomic E-state index is -4.08. The van der Waals surface area contributed by atoms with E-state index >= 15 is 0 Å². The summed E-state index contributed by atoms with van der Waals surface area (Å²) in [4.78, 5) is 29.9. The summed E-state index contributed by atoms with van der Waals surface area (Å²) >= 11 is 0. The molecular weight excluding hydrogens is 599 g/mol. The second-order valence-corrected chi connectivity index (χ2v) is 12.9. The van der Waals surface area contributed by atoms with Gasteiger partial charge in [-0.1, -0.05) is 43.3 Å². The molecule has 236 valence electrons. The van der Waals surface area contributed by atoms with Gasteiger partial charge in [0.2, 0.25) is 0 Å². The lowest BCUT2D eigenvalue weighted by Crippen LogP contribution is -2.50. The van der Waals surface area contributed by atoms with Crippen LogP contribution in [0.2, 0.25) is 0 Å². The molecule has 3 amide bonds. The first-order valence-electron chi connectivity index (χ1n) is 14.5. The molecule has 3 atom stereocenters. The Kier molecular flexibility index (Phi) is 9.26. The molecule has 0 aliphatic carbocycles. The molecule has 0 saturated heterocycles. The number of carbonyl (C=O) groups excluding carboxylic acids is 2. The van der Waals surface area contributed by atoms with Crippen molar-refractivity contribution >= 4 is 44.1 Å². The van der Waals surface area contributed by atoms with Gasteiger partial charge in [0.15, 0.2) is 0 Å². The zero-order valence-corrected chi connectivity index (χ0v) is 25.9. The van der Waals surface area contributed by atoms with Crippen LogP contribution in [0.5, 0.6) is 5.75 Å². The summed E-state index contributed by atoms with van der Waals surface area (Å²) in [6.07, 6.45) is -0.560. The Morgan fingerprint density at radius 2 is 1.80 bits per heavy atom. The molecule has 10 nitrogen and oxygen atoms in total. The molecule has 1 aliphatic rings. The number of carbonyl (C=O) groups is 2. The third-order valence-corrected chi connectivity index (χ3v) is 9.27. The number of sulfonamides is 1. The molecule has 0 aromatic heterocycles. The number of fused-ring (bicyclic) bond motifs is 2. The van der Waals surface area contributed by atoms with Crippen molar-refractivity contribution in [2.45, 2.75) is 30.9 Å². The van der Waals surface area contributed by atoms with Crippen molar-refractivity contribution in [3.63, 3.8) is 0 Å². The number of ether oxygens (including phenoxy) is 1. The van der Waals surface area contributed by atoms with Crippen molar-refractivity contribution in [1.82, 2.24) is 9.80 Å². The molecule has 0 fully saturated rings. The lowest BCUT2D eigenvalue weighted by Gasteiger charge is -2.38. The zero-order valence-electron chi connectivity index (χ0n) is 25.1. The molecule has 1 heterocycles. The zero-order chi connectivity index (χ0) is 32.3. The van der Waals surface area contributed by atoms with E-state index in [2.05, 4.69) is 10.0 Å². The molecule has 45 heavy (non-hydrogen) atoms. The van der Waals surface area contributed by atoms with Crippen LogP contribution in [-0.2, 0) is 10.0 Å². The highest BCUT2D eigenvalue weighted by atomic mass is 32.2. The van der Waals surface area contributed by atoms with Crippen molar-refractivity contribution in [1.29, 1.82) is 0 Å².